The zero-order chi connectivity index (χ0) is 12.2. The first-order chi connectivity index (χ1) is 7.49. The number of aliphatic hydroxyl groups is 1. The standard InChI is InChI=1S/C14H29NO/c1-5-7-14(8-6-2)11-15(12-14)13(3,4)9-10-16/h16H,5-12H2,1-4H3. The van der Waals surface area contributed by atoms with E-state index in [0.717, 1.165) is 6.42 Å². The lowest BCUT2D eigenvalue weighted by molar-refractivity contribution is -0.0819. The second-order valence-corrected chi connectivity index (χ2v) is 6.14. The third-order valence-electron chi connectivity index (χ3n) is 4.19. The minimum atomic E-state index is 0.180. The minimum Gasteiger partial charge on any atom is -0.396 e. The largest absolute Gasteiger partial charge is 0.396 e. The second-order valence-electron chi connectivity index (χ2n) is 6.14. The zero-order valence-electron chi connectivity index (χ0n) is 11.6. The summed E-state index contributed by atoms with van der Waals surface area (Å²) in [6.45, 7) is 11.9. The van der Waals surface area contributed by atoms with Gasteiger partial charge in [0.05, 0.1) is 0 Å². The average Bonchev–Trinajstić information content (AvgIpc) is 2.13. The number of hydrogen-bond donors (Lipinski definition) is 1. The molecule has 0 aromatic rings. The Morgan fingerprint density at radius 2 is 1.62 bits per heavy atom. The van der Waals surface area contributed by atoms with Gasteiger partial charge in [-0.3, -0.25) is 4.90 Å². The van der Waals surface area contributed by atoms with Crippen LogP contribution in [0.3, 0.4) is 0 Å². The van der Waals surface area contributed by atoms with E-state index in [9.17, 15) is 0 Å². The van der Waals surface area contributed by atoms with Gasteiger partial charge in [0.1, 0.15) is 0 Å². The SMILES string of the molecule is CCCC1(CCC)CN(C(C)(C)CCO)C1. The van der Waals surface area contributed by atoms with Gasteiger partial charge in [0.15, 0.2) is 0 Å². The minimum absolute atomic E-state index is 0.180. The van der Waals surface area contributed by atoms with Gasteiger partial charge >= 0.3 is 0 Å². The van der Waals surface area contributed by atoms with E-state index in [1.165, 1.54) is 38.8 Å². The van der Waals surface area contributed by atoms with Crippen LogP contribution in [0.5, 0.6) is 0 Å². The third kappa shape index (κ3) is 2.98. The Kier molecular flexibility index (Phi) is 4.81. The summed E-state index contributed by atoms with van der Waals surface area (Å²) < 4.78 is 0. The summed E-state index contributed by atoms with van der Waals surface area (Å²) in [4.78, 5) is 2.55. The molecular weight excluding hydrogens is 198 g/mol. The molecule has 0 bridgehead atoms. The molecule has 1 N–H and O–H groups in total. The predicted octanol–water partition coefficient (Wildman–Crippen LogP) is 3.05. The Hall–Kier alpha value is -0.0800. The highest BCUT2D eigenvalue weighted by Gasteiger charge is 2.46. The maximum Gasteiger partial charge on any atom is 0.0448 e. The highest BCUT2D eigenvalue weighted by molar-refractivity contribution is 5.00. The maximum absolute atomic E-state index is 9.08. The van der Waals surface area contributed by atoms with Gasteiger partial charge in [-0.1, -0.05) is 26.7 Å². The molecular formula is C14H29NO. The fraction of sp³-hybridized carbons (Fsp3) is 1.00. The molecule has 0 unspecified atom stereocenters. The van der Waals surface area contributed by atoms with Crippen LogP contribution in [0.2, 0.25) is 0 Å². The highest BCUT2D eigenvalue weighted by Crippen LogP contribution is 2.43. The van der Waals surface area contributed by atoms with Crippen LogP contribution >= 0.6 is 0 Å². The number of aliphatic hydroxyl groups excluding tert-OH is 1. The van der Waals surface area contributed by atoms with E-state index < -0.39 is 0 Å². The lowest BCUT2D eigenvalue weighted by atomic mass is 9.70. The summed E-state index contributed by atoms with van der Waals surface area (Å²) in [7, 11) is 0. The molecule has 1 saturated heterocycles. The molecule has 0 aliphatic carbocycles. The van der Waals surface area contributed by atoms with Crippen molar-refractivity contribution < 1.29 is 5.11 Å². The lowest BCUT2D eigenvalue weighted by Gasteiger charge is -2.57. The second kappa shape index (κ2) is 5.50. The first-order valence-electron chi connectivity index (χ1n) is 6.85. The summed E-state index contributed by atoms with van der Waals surface area (Å²) in [6, 6.07) is 0. The van der Waals surface area contributed by atoms with Crippen molar-refractivity contribution in [2.75, 3.05) is 19.7 Å². The van der Waals surface area contributed by atoms with Crippen LogP contribution in [0.25, 0.3) is 0 Å². The summed E-state index contributed by atoms with van der Waals surface area (Å²) in [5.74, 6) is 0. The van der Waals surface area contributed by atoms with Gasteiger partial charge in [-0.2, -0.15) is 0 Å². The maximum atomic E-state index is 9.08. The van der Waals surface area contributed by atoms with Gasteiger partial charge in [-0.05, 0) is 38.5 Å². The van der Waals surface area contributed by atoms with E-state index in [4.69, 9.17) is 5.11 Å². The molecule has 0 radical (unpaired) electrons. The average molecular weight is 227 g/mol. The monoisotopic (exact) mass is 227 g/mol. The molecule has 0 amide bonds. The molecule has 0 aromatic heterocycles. The molecule has 1 rings (SSSR count). The summed E-state index contributed by atoms with van der Waals surface area (Å²) in [5, 5.41) is 9.08. The van der Waals surface area contributed by atoms with Gasteiger partial charge in [-0.15, -0.1) is 0 Å². The summed E-state index contributed by atoms with van der Waals surface area (Å²) in [6.07, 6.45) is 6.23. The smallest absolute Gasteiger partial charge is 0.0448 e. The van der Waals surface area contributed by atoms with Crippen LogP contribution in [-0.4, -0.2) is 35.2 Å². The molecule has 0 aromatic carbocycles. The van der Waals surface area contributed by atoms with E-state index in [0.29, 0.717) is 12.0 Å². The van der Waals surface area contributed by atoms with Gasteiger partial charge < -0.3 is 5.11 Å². The molecule has 96 valence electrons. The first kappa shape index (κ1) is 14.0. The predicted molar refractivity (Wildman–Crippen MR) is 69.6 cm³/mol. The highest BCUT2D eigenvalue weighted by atomic mass is 16.3. The Morgan fingerprint density at radius 1 is 1.12 bits per heavy atom. The number of hydrogen-bond acceptors (Lipinski definition) is 2. The van der Waals surface area contributed by atoms with Crippen LogP contribution < -0.4 is 0 Å². The Labute approximate surface area is 101 Å². The van der Waals surface area contributed by atoms with Crippen LogP contribution in [0.1, 0.15) is 59.8 Å². The number of rotatable bonds is 7. The van der Waals surface area contributed by atoms with Crippen molar-refractivity contribution >= 4 is 0 Å². The normalized spacial score (nSPS) is 20.8. The Balaban J connectivity index is 2.49. The van der Waals surface area contributed by atoms with E-state index in [1.54, 1.807) is 0 Å². The number of likely N-dealkylation sites (tertiary alicyclic amines) is 1. The van der Waals surface area contributed by atoms with Crippen molar-refractivity contribution in [1.29, 1.82) is 0 Å². The quantitative estimate of drug-likeness (QED) is 0.722. The van der Waals surface area contributed by atoms with Crippen LogP contribution in [0.4, 0.5) is 0 Å². The molecule has 0 spiro atoms. The summed E-state index contributed by atoms with van der Waals surface area (Å²) in [5.41, 5.74) is 0.774. The molecule has 16 heavy (non-hydrogen) atoms. The fourth-order valence-corrected chi connectivity index (χ4v) is 3.13. The van der Waals surface area contributed by atoms with Gasteiger partial charge in [-0.25, -0.2) is 0 Å². The van der Waals surface area contributed by atoms with E-state index in [2.05, 4.69) is 32.6 Å². The van der Waals surface area contributed by atoms with E-state index in [-0.39, 0.29) is 5.54 Å². The van der Waals surface area contributed by atoms with E-state index >= 15 is 0 Å². The topological polar surface area (TPSA) is 23.5 Å². The molecule has 1 aliphatic heterocycles. The van der Waals surface area contributed by atoms with Crippen molar-refractivity contribution in [3.05, 3.63) is 0 Å². The molecule has 1 aliphatic rings. The third-order valence-corrected chi connectivity index (χ3v) is 4.19. The Morgan fingerprint density at radius 3 is 2.00 bits per heavy atom. The lowest BCUT2D eigenvalue weighted by Crippen LogP contribution is -2.63. The van der Waals surface area contributed by atoms with Gasteiger partial charge in [0.2, 0.25) is 0 Å². The van der Waals surface area contributed by atoms with Crippen molar-refractivity contribution in [1.82, 2.24) is 4.90 Å². The van der Waals surface area contributed by atoms with Crippen LogP contribution in [-0.2, 0) is 0 Å². The van der Waals surface area contributed by atoms with E-state index in [1.807, 2.05) is 0 Å². The zero-order valence-corrected chi connectivity index (χ0v) is 11.6. The first-order valence-corrected chi connectivity index (χ1v) is 6.85. The molecule has 1 heterocycles. The van der Waals surface area contributed by atoms with Crippen molar-refractivity contribution in [2.24, 2.45) is 5.41 Å². The number of nitrogens with zero attached hydrogens (tertiary/aromatic N) is 1. The summed E-state index contributed by atoms with van der Waals surface area (Å²) >= 11 is 0. The fourth-order valence-electron chi connectivity index (χ4n) is 3.13. The van der Waals surface area contributed by atoms with Crippen molar-refractivity contribution in [3.63, 3.8) is 0 Å². The molecule has 1 fully saturated rings. The Bertz CT molecular complexity index is 199. The molecule has 2 nitrogen and oxygen atoms in total. The van der Waals surface area contributed by atoms with Crippen LogP contribution in [0, 0.1) is 5.41 Å². The van der Waals surface area contributed by atoms with Gasteiger partial charge in [0.25, 0.3) is 0 Å². The van der Waals surface area contributed by atoms with Gasteiger partial charge in [0, 0.05) is 25.2 Å². The molecule has 0 atom stereocenters. The molecule has 2 heteroatoms. The van der Waals surface area contributed by atoms with Crippen molar-refractivity contribution in [3.8, 4) is 0 Å². The van der Waals surface area contributed by atoms with Crippen molar-refractivity contribution in [2.45, 2.75) is 65.3 Å². The van der Waals surface area contributed by atoms with Crippen LogP contribution in [0.15, 0.2) is 0 Å². The molecule has 0 saturated carbocycles.